The highest BCUT2D eigenvalue weighted by Gasteiger charge is 2.61. The van der Waals surface area contributed by atoms with E-state index < -0.39 is 0 Å². The van der Waals surface area contributed by atoms with Gasteiger partial charge in [0.2, 0.25) is 0 Å². The summed E-state index contributed by atoms with van der Waals surface area (Å²) >= 11 is 0. The summed E-state index contributed by atoms with van der Waals surface area (Å²) in [5.74, 6) is 3.17. The first-order valence-electron chi connectivity index (χ1n) is 11.6. The Kier molecular flexibility index (Phi) is 4.46. The molecule has 0 aromatic carbocycles. The third kappa shape index (κ3) is 2.56. The van der Waals surface area contributed by atoms with Crippen LogP contribution < -0.4 is 0 Å². The summed E-state index contributed by atoms with van der Waals surface area (Å²) in [6, 6.07) is 0. The fourth-order valence-electron chi connectivity index (χ4n) is 8.68. The van der Waals surface area contributed by atoms with Crippen molar-refractivity contribution < 1.29 is 10.2 Å². The van der Waals surface area contributed by atoms with Gasteiger partial charge in [0.1, 0.15) is 0 Å². The lowest BCUT2D eigenvalue weighted by atomic mass is 9.45. The summed E-state index contributed by atoms with van der Waals surface area (Å²) < 4.78 is 0. The zero-order valence-corrected chi connectivity index (χ0v) is 16.7. The molecule has 0 bridgehead atoms. The molecule has 8 atom stereocenters. The number of fused-ring (bicyclic) bond motifs is 5. The topological polar surface area (TPSA) is 43.7 Å². The molecular weight excluding hydrogens is 322 g/mol. The Bertz CT molecular complexity index is 532. The van der Waals surface area contributed by atoms with Crippen LogP contribution in [0.5, 0.6) is 0 Å². The summed E-state index contributed by atoms with van der Waals surface area (Å²) in [4.78, 5) is 2.67. The fraction of sp³-hybridized carbons (Fsp3) is 1.00. The molecule has 148 valence electrons. The molecule has 0 amide bonds. The van der Waals surface area contributed by atoms with E-state index in [0.717, 1.165) is 42.9 Å². The van der Waals surface area contributed by atoms with Crippen molar-refractivity contribution in [3.8, 4) is 0 Å². The van der Waals surface area contributed by atoms with Crippen LogP contribution in [0.25, 0.3) is 0 Å². The molecule has 2 N–H and O–H groups in total. The maximum atomic E-state index is 11.1. The molecule has 5 rings (SSSR count). The Labute approximate surface area is 159 Å². The molecule has 0 spiro atoms. The standard InChI is InChI=1S/C23H39NO2/c1-22-10-8-17(25)14-16(22)4-5-18-19(22)9-11-23(15-24-12-2-3-13-24)20(18)6-7-21(23)26/h16-21,25-26H,2-15H2,1H3/t16?,17?,18-,19+,20+,21?,22+,23-/m1/s1. The second-order valence-electron chi connectivity index (χ2n) is 10.9. The molecule has 3 heteroatoms. The van der Waals surface area contributed by atoms with Crippen LogP contribution in [-0.4, -0.2) is 47.0 Å². The monoisotopic (exact) mass is 361 g/mol. The molecule has 4 aliphatic carbocycles. The summed E-state index contributed by atoms with van der Waals surface area (Å²) in [5.41, 5.74) is 0.651. The first kappa shape index (κ1) is 17.9. The first-order chi connectivity index (χ1) is 12.5. The van der Waals surface area contributed by atoms with E-state index in [1.54, 1.807) is 0 Å². The number of aliphatic hydroxyl groups excluding tert-OH is 2. The predicted octanol–water partition coefficient (Wildman–Crippen LogP) is 3.83. The molecule has 0 aromatic heterocycles. The van der Waals surface area contributed by atoms with Gasteiger partial charge < -0.3 is 15.1 Å². The molecule has 0 radical (unpaired) electrons. The smallest absolute Gasteiger partial charge is 0.0611 e. The van der Waals surface area contributed by atoms with Gasteiger partial charge >= 0.3 is 0 Å². The Hall–Kier alpha value is -0.120. The van der Waals surface area contributed by atoms with Crippen LogP contribution in [-0.2, 0) is 0 Å². The Balaban J connectivity index is 1.41. The summed E-state index contributed by atoms with van der Waals surface area (Å²) in [7, 11) is 0. The predicted molar refractivity (Wildman–Crippen MR) is 104 cm³/mol. The number of aliphatic hydroxyl groups is 2. The first-order valence-corrected chi connectivity index (χ1v) is 11.6. The lowest BCUT2D eigenvalue weighted by molar-refractivity contribution is -0.143. The van der Waals surface area contributed by atoms with Crippen LogP contribution in [0, 0.1) is 34.5 Å². The highest BCUT2D eigenvalue weighted by Crippen LogP contribution is 2.66. The summed E-state index contributed by atoms with van der Waals surface area (Å²) in [5, 5.41) is 21.3. The molecule has 3 unspecified atom stereocenters. The van der Waals surface area contributed by atoms with Crippen LogP contribution in [0.4, 0.5) is 0 Å². The SMILES string of the molecule is C[C@]12CCC(O)CC1CC[C@H]1[C@@H]3CCC(O)[C@@]3(CN3CCCC3)CC[C@@H]12. The number of rotatable bonds is 2. The van der Waals surface area contributed by atoms with E-state index >= 15 is 0 Å². The van der Waals surface area contributed by atoms with Crippen molar-refractivity contribution in [2.75, 3.05) is 19.6 Å². The highest BCUT2D eigenvalue weighted by atomic mass is 16.3. The number of nitrogens with zero attached hydrogens (tertiary/aromatic N) is 1. The molecule has 5 aliphatic rings. The largest absolute Gasteiger partial charge is 0.393 e. The molecule has 1 aliphatic heterocycles. The van der Waals surface area contributed by atoms with Crippen LogP contribution in [0.3, 0.4) is 0 Å². The van der Waals surface area contributed by atoms with Gasteiger partial charge in [-0.1, -0.05) is 6.92 Å². The molecule has 26 heavy (non-hydrogen) atoms. The van der Waals surface area contributed by atoms with E-state index in [4.69, 9.17) is 0 Å². The van der Waals surface area contributed by atoms with Gasteiger partial charge in [-0.3, -0.25) is 0 Å². The fourth-order valence-corrected chi connectivity index (χ4v) is 8.68. The molecule has 5 fully saturated rings. The van der Waals surface area contributed by atoms with E-state index in [1.165, 1.54) is 71.0 Å². The van der Waals surface area contributed by atoms with Gasteiger partial charge in [-0.2, -0.15) is 0 Å². The number of hydrogen-bond donors (Lipinski definition) is 2. The third-order valence-corrected chi connectivity index (χ3v) is 10.0. The van der Waals surface area contributed by atoms with Crippen molar-refractivity contribution in [3.63, 3.8) is 0 Å². The van der Waals surface area contributed by atoms with Gasteiger partial charge in [0, 0.05) is 12.0 Å². The second-order valence-corrected chi connectivity index (χ2v) is 10.9. The van der Waals surface area contributed by atoms with Crippen molar-refractivity contribution in [1.29, 1.82) is 0 Å². The zero-order valence-electron chi connectivity index (χ0n) is 16.7. The van der Waals surface area contributed by atoms with Crippen LogP contribution in [0.2, 0.25) is 0 Å². The summed E-state index contributed by atoms with van der Waals surface area (Å²) in [6.45, 7) is 6.25. The van der Waals surface area contributed by atoms with E-state index in [0.29, 0.717) is 5.41 Å². The Morgan fingerprint density at radius 1 is 0.885 bits per heavy atom. The summed E-state index contributed by atoms with van der Waals surface area (Å²) in [6.07, 6.45) is 13.5. The number of hydrogen-bond acceptors (Lipinski definition) is 3. The second kappa shape index (κ2) is 6.46. The lowest BCUT2D eigenvalue weighted by Crippen LogP contribution is -2.57. The maximum Gasteiger partial charge on any atom is 0.0611 e. The quantitative estimate of drug-likeness (QED) is 0.786. The normalized spacial score (nSPS) is 54.6. The lowest BCUT2D eigenvalue weighted by Gasteiger charge is -2.61. The minimum absolute atomic E-state index is 0.0456. The van der Waals surface area contributed by atoms with Gasteiger partial charge in [-0.25, -0.2) is 0 Å². The van der Waals surface area contributed by atoms with E-state index in [-0.39, 0.29) is 17.6 Å². The Morgan fingerprint density at radius 3 is 2.50 bits per heavy atom. The van der Waals surface area contributed by atoms with Gasteiger partial charge in [-0.15, -0.1) is 0 Å². The average molecular weight is 362 g/mol. The third-order valence-electron chi connectivity index (χ3n) is 10.0. The molecule has 1 heterocycles. The van der Waals surface area contributed by atoms with Crippen molar-refractivity contribution >= 4 is 0 Å². The highest BCUT2D eigenvalue weighted by molar-refractivity contribution is 5.11. The van der Waals surface area contributed by atoms with Crippen molar-refractivity contribution in [3.05, 3.63) is 0 Å². The minimum Gasteiger partial charge on any atom is -0.393 e. The van der Waals surface area contributed by atoms with Crippen LogP contribution >= 0.6 is 0 Å². The van der Waals surface area contributed by atoms with E-state index in [2.05, 4.69) is 11.8 Å². The minimum atomic E-state index is -0.0623. The molecular formula is C23H39NO2. The molecule has 1 saturated heterocycles. The Morgan fingerprint density at radius 2 is 1.69 bits per heavy atom. The molecule has 0 aromatic rings. The van der Waals surface area contributed by atoms with Gasteiger partial charge in [-0.05, 0) is 113 Å². The van der Waals surface area contributed by atoms with Gasteiger partial charge in [0.05, 0.1) is 12.2 Å². The molecule has 3 nitrogen and oxygen atoms in total. The van der Waals surface area contributed by atoms with Crippen molar-refractivity contribution in [1.82, 2.24) is 4.90 Å². The average Bonchev–Trinajstić information content (AvgIpc) is 3.24. The van der Waals surface area contributed by atoms with Gasteiger partial charge in [0.15, 0.2) is 0 Å². The van der Waals surface area contributed by atoms with Crippen molar-refractivity contribution in [2.24, 2.45) is 34.5 Å². The van der Waals surface area contributed by atoms with E-state index in [9.17, 15) is 10.2 Å². The molecule has 4 saturated carbocycles. The van der Waals surface area contributed by atoms with E-state index in [1.807, 2.05) is 0 Å². The van der Waals surface area contributed by atoms with Crippen LogP contribution in [0.1, 0.15) is 77.6 Å². The number of likely N-dealkylation sites (tertiary alicyclic amines) is 1. The maximum absolute atomic E-state index is 11.1. The zero-order chi connectivity index (χ0) is 17.9. The van der Waals surface area contributed by atoms with Gasteiger partial charge in [0.25, 0.3) is 0 Å². The van der Waals surface area contributed by atoms with Crippen LogP contribution in [0.15, 0.2) is 0 Å². The van der Waals surface area contributed by atoms with Crippen molar-refractivity contribution in [2.45, 2.75) is 89.8 Å².